The zero-order chi connectivity index (χ0) is 27.2. The monoisotopic (exact) mass is 553 g/mol. The summed E-state index contributed by atoms with van der Waals surface area (Å²) in [6.45, 7) is 7.06. The summed E-state index contributed by atoms with van der Waals surface area (Å²) in [5.74, 6) is 0.946. The van der Waals surface area contributed by atoms with Crippen LogP contribution in [0.3, 0.4) is 0 Å². The first-order valence-corrected chi connectivity index (χ1v) is 14.0. The smallest absolute Gasteiger partial charge is 0.241 e. The van der Waals surface area contributed by atoms with E-state index in [0.29, 0.717) is 16.6 Å². The maximum atomic E-state index is 13.2. The van der Waals surface area contributed by atoms with Crippen LogP contribution in [0.1, 0.15) is 38.3 Å². The second-order valence-corrected chi connectivity index (χ2v) is 11.1. The molecular formula is C31H37Cl2N3O2. The van der Waals surface area contributed by atoms with Crippen molar-refractivity contribution in [2.24, 2.45) is 0 Å². The standard InChI is InChI=1S/C31H37Cl2N3O2/c1-22(2)38-30-10-6-5-9-26(30)23-11-13-24(14-12-23)29(36-17-7-8-18-36)20-35(4)31(37)21-34(3)25-15-16-27(32)28(33)19-25/h5-6,9-16,19,22,29H,7-8,17-18,20-21H2,1-4H3. The Balaban J connectivity index is 1.49. The highest BCUT2D eigenvalue weighted by atomic mass is 35.5. The number of amides is 1. The van der Waals surface area contributed by atoms with E-state index in [9.17, 15) is 4.79 Å². The fourth-order valence-corrected chi connectivity index (χ4v) is 5.22. The number of ether oxygens (including phenoxy) is 1. The van der Waals surface area contributed by atoms with Crippen LogP contribution < -0.4 is 9.64 Å². The van der Waals surface area contributed by atoms with E-state index in [1.54, 1.807) is 12.1 Å². The zero-order valence-corrected chi connectivity index (χ0v) is 24.2. The van der Waals surface area contributed by atoms with E-state index in [0.717, 1.165) is 35.7 Å². The Morgan fingerprint density at radius 2 is 1.63 bits per heavy atom. The molecule has 3 aromatic rings. The van der Waals surface area contributed by atoms with Gasteiger partial charge in [-0.1, -0.05) is 65.7 Å². The van der Waals surface area contributed by atoms with Gasteiger partial charge in [0.25, 0.3) is 0 Å². The number of nitrogens with zero attached hydrogens (tertiary/aromatic N) is 3. The molecule has 1 fully saturated rings. The van der Waals surface area contributed by atoms with Gasteiger partial charge in [0.15, 0.2) is 0 Å². The molecule has 4 rings (SSSR count). The van der Waals surface area contributed by atoms with Crippen LogP contribution in [0.4, 0.5) is 5.69 Å². The van der Waals surface area contributed by atoms with E-state index in [1.165, 1.54) is 18.4 Å². The number of benzene rings is 3. The van der Waals surface area contributed by atoms with Crippen molar-refractivity contribution >= 4 is 34.8 Å². The Hall–Kier alpha value is -2.73. The van der Waals surface area contributed by atoms with Crippen molar-refractivity contribution in [1.82, 2.24) is 9.80 Å². The van der Waals surface area contributed by atoms with Gasteiger partial charge in [-0.2, -0.15) is 0 Å². The number of carbonyl (C=O) groups is 1. The van der Waals surface area contributed by atoms with Crippen LogP contribution in [0.2, 0.25) is 10.0 Å². The molecule has 1 heterocycles. The lowest BCUT2D eigenvalue weighted by Gasteiger charge is -2.33. The third-order valence-corrected chi connectivity index (χ3v) is 7.77. The number of anilines is 1. The summed E-state index contributed by atoms with van der Waals surface area (Å²) in [5, 5.41) is 0.982. The third-order valence-electron chi connectivity index (χ3n) is 7.03. The van der Waals surface area contributed by atoms with Gasteiger partial charge in [0.05, 0.1) is 28.7 Å². The molecule has 1 unspecified atom stereocenters. The van der Waals surface area contributed by atoms with Crippen LogP contribution in [0, 0.1) is 0 Å². The molecule has 1 atom stereocenters. The van der Waals surface area contributed by atoms with Crippen LogP contribution in [0.5, 0.6) is 5.75 Å². The van der Waals surface area contributed by atoms with Crippen LogP contribution in [0.15, 0.2) is 66.7 Å². The Morgan fingerprint density at radius 1 is 0.947 bits per heavy atom. The molecule has 3 aromatic carbocycles. The van der Waals surface area contributed by atoms with Crippen molar-refractivity contribution in [3.8, 4) is 16.9 Å². The minimum Gasteiger partial charge on any atom is -0.490 e. The molecule has 1 aliphatic heterocycles. The first-order valence-electron chi connectivity index (χ1n) is 13.2. The topological polar surface area (TPSA) is 36.0 Å². The summed E-state index contributed by atoms with van der Waals surface area (Å²) in [6, 6.07) is 22.5. The van der Waals surface area contributed by atoms with Gasteiger partial charge in [0, 0.05) is 31.9 Å². The molecule has 1 aliphatic rings. The number of rotatable bonds is 10. The van der Waals surface area contributed by atoms with Crippen molar-refractivity contribution in [2.75, 3.05) is 45.2 Å². The first-order chi connectivity index (χ1) is 18.2. The van der Waals surface area contributed by atoms with Gasteiger partial charge in [-0.05, 0) is 75.2 Å². The number of para-hydroxylation sites is 1. The van der Waals surface area contributed by atoms with Crippen LogP contribution >= 0.6 is 23.2 Å². The van der Waals surface area contributed by atoms with Crippen molar-refractivity contribution in [3.05, 3.63) is 82.3 Å². The Kier molecular flexibility index (Phi) is 9.59. The normalized spacial score (nSPS) is 14.5. The number of hydrogen-bond acceptors (Lipinski definition) is 4. The highest BCUT2D eigenvalue weighted by Gasteiger charge is 2.26. The molecule has 0 N–H and O–H groups in total. The predicted octanol–water partition coefficient (Wildman–Crippen LogP) is 7.18. The van der Waals surface area contributed by atoms with Gasteiger partial charge in [-0.15, -0.1) is 0 Å². The quantitative estimate of drug-likeness (QED) is 0.266. The SMILES string of the molecule is CC(C)Oc1ccccc1-c1ccc(C(CN(C)C(=O)CN(C)c2ccc(Cl)c(Cl)c2)N2CCCC2)cc1. The number of likely N-dealkylation sites (tertiary alicyclic amines) is 1. The number of carbonyl (C=O) groups excluding carboxylic acids is 1. The van der Waals surface area contributed by atoms with Gasteiger partial charge in [-0.25, -0.2) is 0 Å². The van der Waals surface area contributed by atoms with Gasteiger partial charge >= 0.3 is 0 Å². The highest BCUT2D eigenvalue weighted by Crippen LogP contribution is 2.33. The minimum absolute atomic E-state index is 0.0548. The predicted molar refractivity (Wildman–Crippen MR) is 159 cm³/mol. The fourth-order valence-electron chi connectivity index (χ4n) is 4.93. The average Bonchev–Trinajstić information content (AvgIpc) is 3.43. The lowest BCUT2D eigenvalue weighted by molar-refractivity contribution is -0.129. The molecule has 1 saturated heterocycles. The van der Waals surface area contributed by atoms with Gasteiger partial charge in [-0.3, -0.25) is 9.69 Å². The lowest BCUT2D eigenvalue weighted by Crippen LogP contribution is -2.42. The molecular weight excluding hydrogens is 517 g/mol. The second-order valence-electron chi connectivity index (χ2n) is 10.3. The van der Waals surface area contributed by atoms with Crippen molar-refractivity contribution in [1.29, 1.82) is 0 Å². The number of hydrogen-bond donors (Lipinski definition) is 0. The van der Waals surface area contributed by atoms with Gasteiger partial charge < -0.3 is 14.5 Å². The summed E-state index contributed by atoms with van der Waals surface area (Å²) < 4.78 is 6.04. The van der Waals surface area contributed by atoms with Crippen molar-refractivity contribution in [3.63, 3.8) is 0 Å². The molecule has 0 aromatic heterocycles. The summed E-state index contributed by atoms with van der Waals surface area (Å²) in [6.07, 6.45) is 2.48. The van der Waals surface area contributed by atoms with E-state index in [2.05, 4.69) is 35.2 Å². The van der Waals surface area contributed by atoms with E-state index >= 15 is 0 Å². The second kappa shape index (κ2) is 12.9. The van der Waals surface area contributed by atoms with Gasteiger partial charge in [0.1, 0.15) is 5.75 Å². The van der Waals surface area contributed by atoms with E-state index in [4.69, 9.17) is 27.9 Å². The molecule has 5 nitrogen and oxygen atoms in total. The highest BCUT2D eigenvalue weighted by molar-refractivity contribution is 6.42. The molecule has 38 heavy (non-hydrogen) atoms. The molecule has 0 saturated carbocycles. The van der Waals surface area contributed by atoms with Crippen LogP contribution in [-0.4, -0.2) is 62.1 Å². The summed E-state index contributed by atoms with van der Waals surface area (Å²) >= 11 is 12.2. The fraction of sp³-hybridized carbons (Fsp3) is 0.387. The summed E-state index contributed by atoms with van der Waals surface area (Å²) in [7, 11) is 3.78. The number of likely N-dealkylation sites (N-methyl/N-ethyl adjacent to an activating group) is 2. The molecule has 0 radical (unpaired) electrons. The van der Waals surface area contributed by atoms with E-state index in [-0.39, 0.29) is 24.6 Å². The molecule has 202 valence electrons. The molecule has 0 aliphatic carbocycles. The molecule has 1 amide bonds. The van der Waals surface area contributed by atoms with Crippen molar-refractivity contribution in [2.45, 2.75) is 38.8 Å². The average molecular weight is 555 g/mol. The number of halogens is 2. The molecule has 0 spiro atoms. The molecule has 7 heteroatoms. The molecule has 0 bridgehead atoms. The van der Waals surface area contributed by atoms with E-state index in [1.807, 2.05) is 62.0 Å². The van der Waals surface area contributed by atoms with E-state index < -0.39 is 0 Å². The third kappa shape index (κ3) is 7.02. The van der Waals surface area contributed by atoms with Crippen LogP contribution in [0.25, 0.3) is 11.1 Å². The maximum absolute atomic E-state index is 13.2. The minimum atomic E-state index is 0.0548. The summed E-state index contributed by atoms with van der Waals surface area (Å²) in [5.41, 5.74) is 4.28. The largest absolute Gasteiger partial charge is 0.490 e. The van der Waals surface area contributed by atoms with Gasteiger partial charge in [0.2, 0.25) is 5.91 Å². The zero-order valence-electron chi connectivity index (χ0n) is 22.7. The first kappa shape index (κ1) is 28.3. The lowest BCUT2D eigenvalue weighted by atomic mass is 9.99. The Bertz CT molecular complexity index is 1230. The summed E-state index contributed by atoms with van der Waals surface area (Å²) in [4.78, 5) is 19.5. The Morgan fingerprint density at radius 3 is 2.29 bits per heavy atom. The maximum Gasteiger partial charge on any atom is 0.241 e. The Labute approximate surface area is 236 Å². The van der Waals surface area contributed by atoms with Crippen molar-refractivity contribution < 1.29 is 9.53 Å². The van der Waals surface area contributed by atoms with Crippen LogP contribution in [-0.2, 0) is 4.79 Å².